The summed E-state index contributed by atoms with van der Waals surface area (Å²) in [5.41, 5.74) is 1.50. The SMILES string of the molecule is O=C1c2ccccc2C(=O)c2cc(C(S)C(=O)[O-])ccc21.[K+]. The zero-order chi connectivity index (χ0) is 15.1. The number of hydrogen-bond acceptors (Lipinski definition) is 5. The molecule has 0 aliphatic heterocycles. The molecule has 0 saturated heterocycles. The summed E-state index contributed by atoms with van der Waals surface area (Å²) in [7, 11) is 0. The number of carboxylic acid groups (broad SMARTS) is 1. The fourth-order valence-electron chi connectivity index (χ4n) is 2.42. The van der Waals surface area contributed by atoms with Gasteiger partial charge in [-0.15, -0.1) is 0 Å². The Labute approximate surface area is 174 Å². The van der Waals surface area contributed by atoms with Gasteiger partial charge < -0.3 is 9.90 Å². The van der Waals surface area contributed by atoms with Gasteiger partial charge in [0, 0.05) is 22.3 Å². The first kappa shape index (κ1) is 17.6. The molecule has 0 radical (unpaired) electrons. The molecule has 1 unspecified atom stereocenters. The predicted molar refractivity (Wildman–Crippen MR) is 76.5 cm³/mol. The van der Waals surface area contributed by atoms with Gasteiger partial charge in [-0.05, 0) is 17.7 Å². The number of thiol groups is 1. The first-order chi connectivity index (χ1) is 10.0. The number of carbonyl (C=O) groups excluding carboxylic acids is 3. The van der Waals surface area contributed by atoms with Crippen LogP contribution in [0.4, 0.5) is 0 Å². The van der Waals surface area contributed by atoms with Gasteiger partial charge in [-0.25, -0.2) is 0 Å². The number of rotatable bonds is 2. The number of hydrogen-bond donors (Lipinski definition) is 1. The summed E-state index contributed by atoms with van der Waals surface area (Å²) >= 11 is 3.93. The summed E-state index contributed by atoms with van der Waals surface area (Å²) in [5.74, 6) is -1.88. The van der Waals surface area contributed by atoms with Gasteiger partial charge in [-0.2, -0.15) is 12.6 Å². The van der Waals surface area contributed by atoms with Crippen molar-refractivity contribution in [2.75, 3.05) is 0 Å². The molecule has 1 atom stereocenters. The maximum Gasteiger partial charge on any atom is 1.00 e. The Morgan fingerprint density at radius 2 is 1.41 bits per heavy atom. The zero-order valence-electron chi connectivity index (χ0n) is 11.7. The van der Waals surface area contributed by atoms with Crippen molar-refractivity contribution < 1.29 is 70.9 Å². The fraction of sp³-hybridized carbons (Fsp3) is 0.0625. The van der Waals surface area contributed by atoms with Gasteiger partial charge >= 0.3 is 51.4 Å². The molecule has 2 aromatic carbocycles. The van der Waals surface area contributed by atoms with Crippen LogP contribution in [0.5, 0.6) is 0 Å². The van der Waals surface area contributed by atoms with E-state index in [-0.39, 0.29) is 74.1 Å². The van der Waals surface area contributed by atoms with E-state index in [4.69, 9.17) is 0 Å². The van der Waals surface area contributed by atoms with Crippen molar-refractivity contribution in [3.8, 4) is 0 Å². The Balaban J connectivity index is 0.00000176. The minimum absolute atomic E-state index is 0. The second kappa shape index (κ2) is 6.78. The number of carboxylic acids is 1. The summed E-state index contributed by atoms with van der Waals surface area (Å²) in [4.78, 5) is 35.7. The summed E-state index contributed by atoms with van der Waals surface area (Å²) in [6, 6.07) is 10.9. The quantitative estimate of drug-likeness (QED) is 0.442. The Bertz CT molecular complexity index is 800. The average molecular weight is 336 g/mol. The zero-order valence-corrected chi connectivity index (χ0v) is 15.7. The van der Waals surface area contributed by atoms with E-state index in [1.54, 1.807) is 24.3 Å². The molecule has 6 heteroatoms. The van der Waals surface area contributed by atoms with Crippen molar-refractivity contribution in [3.63, 3.8) is 0 Å². The molecular weight excluding hydrogens is 327 g/mol. The molecule has 0 aromatic heterocycles. The molecule has 1 aliphatic rings. The monoisotopic (exact) mass is 336 g/mol. The van der Waals surface area contributed by atoms with Crippen molar-refractivity contribution in [1.82, 2.24) is 0 Å². The Morgan fingerprint density at radius 3 is 1.95 bits per heavy atom. The van der Waals surface area contributed by atoms with Gasteiger partial charge in [0.2, 0.25) is 0 Å². The van der Waals surface area contributed by atoms with E-state index < -0.39 is 11.2 Å². The summed E-state index contributed by atoms with van der Waals surface area (Å²) in [6.45, 7) is 0. The van der Waals surface area contributed by atoms with Crippen LogP contribution in [0.3, 0.4) is 0 Å². The molecule has 0 N–H and O–H groups in total. The molecular formula is C16H9KO4S. The number of fused-ring (bicyclic) bond motifs is 2. The van der Waals surface area contributed by atoms with Gasteiger partial charge in [0.05, 0.1) is 11.2 Å². The molecule has 2 aromatic rings. The second-order valence-corrected chi connectivity index (χ2v) is 5.25. The van der Waals surface area contributed by atoms with Crippen LogP contribution in [-0.4, -0.2) is 17.5 Å². The normalized spacial score (nSPS) is 13.7. The van der Waals surface area contributed by atoms with Gasteiger partial charge in [-0.3, -0.25) is 9.59 Å². The topological polar surface area (TPSA) is 74.3 Å². The molecule has 22 heavy (non-hydrogen) atoms. The molecule has 104 valence electrons. The minimum atomic E-state index is -1.35. The van der Waals surface area contributed by atoms with Crippen molar-refractivity contribution in [3.05, 3.63) is 70.3 Å². The predicted octanol–water partition coefficient (Wildman–Crippen LogP) is -1.81. The average Bonchev–Trinajstić information content (AvgIpc) is 2.51. The number of aliphatic carboxylic acids is 1. The molecule has 1 aliphatic carbocycles. The van der Waals surface area contributed by atoms with E-state index in [1.807, 2.05) is 0 Å². The van der Waals surface area contributed by atoms with Crippen LogP contribution < -0.4 is 56.5 Å². The summed E-state index contributed by atoms with van der Waals surface area (Å²) < 4.78 is 0. The Morgan fingerprint density at radius 1 is 0.909 bits per heavy atom. The first-order valence-corrected chi connectivity index (χ1v) is 6.73. The van der Waals surface area contributed by atoms with E-state index in [9.17, 15) is 19.5 Å². The maximum absolute atomic E-state index is 12.5. The van der Waals surface area contributed by atoms with Gasteiger partial charge in [0.15, 0.2) is 11.6 Å². The first-order valence-electron chi connectivity index (χ1n) is 6.22. The van der Waals surface area contributed by atoms with Crippen LogP contribution in [0.1, 0.15) is 42.7 Å². The van der Waals surface area contributed by atoms with Crippen molar-refractivity contribution in [2.45, 2.75) is 5.25 Å². The Kier molecular flexibility index (Phi) is 5.42. The van der Waals surface area contributed by atoms with Gasteiger partial charge in [-0.1, -0.05) is 30.3 Å². The third-order valence-electron chi connectivity index (χ3n) is 3.49. The molecule has 3 rings (SSSR count). The second-order valence-electron chi connectivity index (χ2n) is 4.73. The Hall–Kier alpha value is -0.764. The van der Waals surface area contributed by atoms with Crippen LogP contribution in [-0.2, 0) is 4.79 Å². The van der Waals surface area contributed by atoms with Crippen LogP contribution in [0.15, 0.2) is 42.5 Å². The number of ketones is 2. The molecule has 4 nitrogen and oxygen atoms in total. The summed E-state index contributed by atoms with van der Waals surface area (Å²) in [6.07, 6.45) is 0. The number of carbonyl (C=O) groups is 3. The van der Waals surface area contributed by atoms with Crippen molar-refractivity contribution in [2.24, 2.45) is 0 Å². The fourth-order valence-corrected chi connectivity index (χ4v) is 2.58. The van der Waals surface area contributed by atoms with Crippen LogP contribution >= 0.6 is 12.6 Å². The molecule has 0 amide bonds. The van der Waals surface area contributed by atoms with Gasteiger partial charge in [0.25, 0.3) is 0 Å². The van der Waals surface area contributed by atoms with Gasteiger partial charge in [0.1, 0.15) is 0 Å². The van der Waals surface area contributed by atoms with Crippen molar-refractivity contribution >= 4 is 30.2 Å². The number of benzene rings is 2. The maximum atomic E-state index is 12.5. The van der Waals surface area contributed by atoms with Crippen molar-refractivity contribution in [1.29, 1.82) is 0 Å². The van der Waals surface area contributed by atoms with E-state index in [0.717, 1.165) is 0 Å². The molecule has 0 spiro atoms. The third-order valence-corrected chi connectivity index (χ3v) is 4.00. The van der Waals surface area contributed by atoms with Crippen LogP contribution in [0, 0.1) is 0 Å². The van der Waals surface area contributed by atoms with E-state index in [2.05, 4.69) is 12.6 Å². The molecule has 0 saturated carbocycles. The third kappa shape index (κ3) is 2.87. The minimum Gasteiger partial charge on any atom is -0.549 e. The van der Waals surface area contributed by atoms with E-state index in [1.165, 1.54) is 18.2 Å². The van der Waals surface area contributed by atoms with E-state index >= 15 is 0 Å². The molecule has 0 fully saturated rings. The molecule has 0 heterocycles. The van der Waals surface area contributed by atoms with E-state index in [0.29, 0.717) is 16.7 Å². The summed E-state index contributed by atoms with van der Waals surface area (Å²) in [5, 5.41) is 9.73. The smallest absolute Gasteiger partial charge is 0.549 e. The molecule has 0 bridgehead atoms. The largest absolute Gasteiger partial charge is 1.00 e. The van der Waals surface area contributed by atoms with Crippen LogP contribution in [0.2, 0.25) is 0 Å². The standard InChI is InChI=1S/C16H10O4S.K/c17-13-9-3-1-2-4-10(9)14(18)12-7-8(5-6-11(12)13)15(21)16(19)20;/h1-7,15,21H,(H,19,20);/q;+1/p-1. The van der Waals surface area contributed by atoms with Crippen LogP contribution in [0.25, 0.3) is 0 Å².